The molecule has 0 amide bonds. The smallest absolute Gasteiger partial charge is 0.269 e. The molecule has 0 saturated heterocycles. The van der Waals surface area contributed by atoms with E-state index in [1.54, 1.807) is 59.3 Å². The molecule has 12 rings (SSSR count). The Kier molecular flexibility index (Phi) is 8.59. The first-order valence-corrected chi connectivity index (χ1v) is 28.4. The second-order valence-electron chi connectivity index (χ2n) is 26.6. The minimum Gasteiger partial charge on any atom is -0.458 e. The molecule has 0 fully saturated rings. The molecule has 0 bridgehead atoms. The lowest BCUT2D eigenvalue weighted by molar-refractivity contribution is -0.571. The van der Waals surface area contributed by atoms with E-state index in [4.69, 9.17) is 30.3 Å². The molecule has 0 saturated carbocycles. The number of aromatic nitrogens is 4. The zero-order valence-corrected chi connectivity index (χ0v) is 49.7. The van der Waals surface area contributed by atoms with Crippen molar-refractivity contribution in [2.24, 2.45) is 0 Å². The number of fused-ring (bicyclic) bond motifs is 5. The molecule has 0 radical (unpaired) electrons. The van der Waals surface area contributed by atoms with Crippen molar-refractivity contribution in [2.75, 3.05) is 0 Å². The summed E-state index contributed by atoms with van der Waals surface area (Å²) in [5.74, 6) is 1.53. The summed E-state index contributed by atoms with van der Waals surface area (Å²) in [6.07, 6.45) is -3.88. The normalized spacial score (nSPS) is 20.4. The van der Waals surface area contributed by atoms with Gasteiger partial charge in [0.15, 0.2) is 0 Å². The molecule has 0 aliphatic heterocycles. The molecule has 5 nitrogen and oxygen atoms in total. The summed E-state index contributed by atoms with van der Waals surface area (Å²) in [6, 6.07) is 42.3. The summed E-state index contributed by atoms with van der Waals surface area (Å²) in [4.78, 5) is 4.87. The van der Waals surface area contributed by atoms with Crippen LogP contribution < -0.4 is 9.30 Å². The number of benzene rings is 8. The van der Waals surface area contributed by atoms with Crippen molar-refractivity contribution in [3.8, 4) is 62.1 Å². The largest absolute Gasteiger partial charge is 0.458 e. The van der Waals surface area contributed by atoms with Crippen molar-refractivity contribution in [3.63, 3.8) is 0 Å². The van der Waals surface area contributed by atoms with E-state index in [9.17, 15) is 9.60 Å². The van der Waals surface area contributed by atoms with E-state index >= 15 is 0 Å². The van der Waals surface area contributed by atoms with Crippen LogP contribution in [0.5, 0.6) is 11.5 Å². The third-order valence-electron chi connectivity index (χ3n) is 16.1. The molecule has 0 unspecified atom stereocenters. The molecule has 3 heterocycles. The number of rotatable bonds is 8. The number of para-hydroxylation sites is 1. The Hall–Kier alpha value is -8.02. The number of imidazole rings is 1. The molecule has 0 spiro atoms. The lowest BCUT2D eigenvalue weighted by Crippen LogP contribution is -2.34. The first-order valence-electron chi connectivity index (χ1n) is 39.4. The van der Waals surface area contributed by atoms with Crippen molar-refractivity contribution in [2.45, 2.75) is 163 Å². The van der Waals surface area contributed by atoms with Gasteiger partial charge in [-0.25, -0.2) is 4.98 Å². The molecule has 0 atom stereocenters. The Morgan fingerprint density at radius 2 is 1.18 bits per heavy atom. The average Bonchev–Trinajstić information content (AvgIpc) is 0.663. The van der Waals surface area contributed by atoms with Gasteiger partial charge in [-0.2, -0.15) is 0 Å². The summed E-state index contributed by atoms with van der Waals surface area (Å²) in [5, 5.41) is 1.95. The van der Waals surface area contributed by atoms with Crippen molar-refractivity contribution < 1.29 is 39.5 Å². The van der Waals surface area contributed by atoms with Gasteiger partial charge in [0.1, 0.15) is 17.3 Å². The Bertz CT molecular complexity index is 5310. The lowest BCUT2D eigenvalue weighted by Gasteiger charge is -2.42. The standard InChI is InChI=1S/C79H84N4O/c1-50-38-64(52-22-20-23-55(40-52)74(2,3)4)73(65(39-50)53-28-32-66-67(43-53)79(16,17)36-35-78(66,14)15)82-49-81(71-44-51(29-33-69(71)82)54-41-57(76(8,9)10)45-58(42-54)77(11,12)13)59-24-21-25-60(47-59)84-61-30-31-63-62-26-18-19-27-68(62)83(70(63)48-61)72-46-56(34-37-80-72)75(5,6)7/h18-34,37-48H,35-36H2,1-17H3/i1D3,14D3,15D3,16D3,17D3,28D,32D,35D2,36D2,43D. The molecule has 0 N–H and O–H groups in total. The van der Waals surface area contributed by atoms with Crippen LogP contribution in [0.4, 0.5) is 0 Å². The van der Waals surface area contributed by atoms with Gasteiger partial charge in [0.2, 0.25) is 0 Å². The number of pyridine rings is 1. The molecule has 8 aromatic carbocycles. The highest BCUT2D eigenvalue weighted by atomic mass is 16.5. The Morgan fingerprint density at radius 1 is 0.536 bits per heavy atom. The summed E-state index contributed by atoms with van der Waals surface area (Å²) >= 11 is 0. The summed E-state index contributed by atoms with van der Waals surface area (Å²) < 4.78 is 218. The zero-order chi connectivity index (χ0) is 78.3. The summed E-state index contributed by atoms with van der Waals surface area (Å²) in [6.45, 7) is 4.56. The maximum absolute atomic E-state index is 10.6. The lowest BCUT2D eigenvalue weighted by atomic mass is 9.63. The van der Waals surface area contributed by atoms with Crippen LogP contribution >= 0.6 is 0 Å². The van der Waals surface area contributed by atoms with Gasteiger partial charge in [-0.1, -0.05) is 225 Å². The van der Waals surface area contributed by atoms with Crippen molar-refractivity contribution in [1.29, 1.82) is 0 Å². The zero-order valence-electron chi connectivity index (χ0n) is 71.7. The predicted octanol–water partition coefficient (Wildman–Crippen LogP) is 20.8. The molecule has 11 aromatic rings. The average molecular weight is 1130 g/mol. The van der Waals surface area contributed by atoms with Crippen LogP contribution in [0.25, 0.3) is 83.4 Å². The fourth-order valence-electron chi connectivity index (χ4n) is 11.3. The van der Waals surface area contributed by atoms with E-state index in [0.29, 0.717) is 39.6 Å². The van der Waals surface area contributed by atoms with E-state index in [1.807, 2.05) is 81.4 Å². The van der Waals surface area contributed by atoms with Crippen molar-refractivity contribution >= 4 is 32.8 Å². The Labute approximate surface area is 531 Å². The maximum Gasteiger partial charge on any atom is 0.269 e. The van der Waals surface area contributed by atoms with Gasteiger partial charge in [-0.3, -0.25) is 13.7 Å². The van der Waals surface area contributed by atoms with Crippen LogP contribution in [0, 0.1) is 13.2 Å². The van der Waals surface area contributed by atoms with Gasteiger partial charge < -0.3 is 4.74 Å². The molecule has 84 heavy (non-hydrogen) atoms. The fraction of sp³-hybridized carbons (Fsp3) is 0.316. The SMILES string of the molecule is [2H]c1c([2H])c2c(c([2H])c1-c1cc(C([2H])([2H])[2H])cc(-c3cccc(C(C)(C)C)c3)c1-[n+]1[c-]n(-c3cccc(Oc4ccc5c6ccccc6n(-c6cc(C(C)(C)C)ccn6)c5c4)c3)c3cc(-c4cc(C(C)(C)C)cc(C(C)(C)C)c4)ccc31)C(C([2H])([2H])[2H])(C([2H])([2H])[2H])C([2H])([2H])C([2H])([2H])C2(C([2H])([2H])[2H])C([2H])([2H])[2H]. The number of hydrogen-bond acceptors (Lipinski definition) is 2. The van der Waals surface area contributed by atoms with E-state index in [0.717, 1.165) is 61.3 Å². The molecule has 5 heteroatoms. The fourth-order valence-corrected chi connectivity index (χ4v) is 11.3. The monoisotopic (exact) mass is 1130 g/mol. The molecule has 426 valence electrons. The molecular weight excluding hydrogens is 1020 g/mol. The number of nitrogens with zero attached hydrogens (tertiary/aromatic N) is 4. The van der Waals surface area contributed by atoms with Crippen molar-refractivity contribution in [1.82, 2.24) is 14.1 Å². The van der Waals surface area contributed by atoms with E-state index in [-0.39, 0.29) is 27.5 Å². The first-order chi connectivity index (χ1) is 48.5. The number of ether oxygens (including phenoxy) is 1. The van der Waals surface area contributed by atoms with Crippen LogP contribution in [-0.2, 0) is 32.5 Å². The quantitative estimate of drug-likeness (QED) is 0.112. The highest BCUT2D eigenvalue weighted by Crippen LogP contribution is 2.48. The van der Waals surface area contributed by atoms with Crippen LogP contribution in [0.3, 0.4) is 0 Å². The predicted molar refractivity (Wildman–Crippen MR) is 353 cm³/mol. The third kappa shape index (κ3) is 10.4. The minimum absolute atomic E-state index is 0.0453. The van der Waals surface area contributed by atoms with Gasteiger partial charge in [0.05, 0.1) is 37.6 Å². The minimum atomic E-state index is -4.63. The molecule has 1 aliphatic rings. The van der Waals surface area contributed by atoms with Gasteiger partial charge in [0.25, 0.3) is 6.33 Å². The first kappa shape index (κ1) is 36.0. The topological polar surface area (TPSA) is 35.9 Å². The van der Waals surface area contributed by atoms with Gasteiger partial charge >= 0.3 is 0 Å². The van der Waals surface area contributed by atoms with Crippen LogP contribution in [0.2, 0.25) is 0 Å². The van der Waals surface area contributed by atoms with E-state index in [2.05, 4.69) is 104 Å². The van der Waals surface area contributed by atoms with Gasteiger partial charge in [-0.15, -0.1) is 0 Å². The summed E-state index contributed by atoms with van der Waals surface area (Å²) in [5.41, 5.74) is -6.95. The molecule has 1 aliphatic carbocycles. The van der Waals surface area contributed by atoms with E-state index < -0.39 is 109 Å². The highest BCUT2D eigenvalue weighted by Gasteiger charge is 2.37. The Balaban J connectivity index is 1.23. The van der Waals surface area contributed by atoms with Crippen molar-refractivity contribution in [3.05, 3.63) is 221 Å². The molecule has 3 aromatic heterocycles. The van der Waals surface area contributed by atoms with E-state index in [1.165, 1.54) is 10.6 Å². The number of aryl methyl sites for hydroxylation is 1. The van der Waals surface area contributed by atoms with Gasteiger partial charge in [0, 0.05) is 49.1 Å². The Morgan fingerprint density at radius 3 is 1.88 bits per heavy atom. The second-order valence-corrected chi connectivity index (χ2v) is 26.6. The second kappa shape index (κ2) is 20.1. The number of hydrogen-bond donors (Lipinski definition) is 0. The van der Waals surface area contributed by atoms with Crippen LogP contribution in [0.1, 0.15) is 192 Å². The van der Waals surface area contributed by atoms with Crippen LogP contribution in [0.15, 0.2) is 176 Å². The van der Waals surface area contributed by atoms with Gasteiger partial charge in [-0.05, 0) is 173 Å². The maximum atomic E-state index is 10.6. The van der Waals surface area contributed by atoms with Crippen LogP contribution in [-0.4, -0.2) is 14.1 Å². The summed E-state index contributed by atoms with van der Waals surface area (Å²) in [7, 11) is 0. The highest BCUT2D eigenvalue weighted by molar-refractivity contribution is 6.09. The molecular formula is C79H84N4O. The third-order valence-corrected chi connectivity index (χ3v) is 16.1.